The van der Waals surface area contributed by atoms with Crippen LogP contribution >= 0.6 is 12.2 Å². The van der Waals surface area contributed by atoms with Crippen molar-refractivity contribution in [2.24, 2.45) is 5.10 Å². The highest BCUT2D eigenvalue weighted by molar-refractivity contribution is 7.80. The SMILES string of the molecule is CCCCCOc1ccc(C=NNC(=S)NC2CCCCC2)cc1OC. The fourth-order valence-electron chi connectivity index (χ4n) is 3.05. The van der Waals surface area contributed by atoms with Crippen LogP contribution in [0, 0.1) is 0 Å². The zero-order valence-electron chi connectivity index (χ0n) is 15.9. The molecule has 0 unspecified atom stereocenters. The molecular weight excluding hydrogens is 346 g/mol. The van der Waals surface area contributed by atoms with Gasteiger partial charge in [-0.3, -0.25) is 5.43 Å². The first-order chi connectivity index (χ1) is 12.7. The maximum atomic E-state index is 5.80. The minimum atomic E-state index is 0.475. The number of hydrogen-bond acceptors (Lipinski definition) is 4. The van der Waals surface area contributed by atoms with Gasteiger partial charge in [0.05, 0.1) is 19.9 Å². The van der Waals surface area contributed by atoms with Crippen LogP contribution in [-0.2, 0) is 0 Å². The highest BCUT2D eigenvalue weighted by atomic mass is 32.1. The third-order valence-corrected chi connectivity index (χ3v) is 4.72. The lowest BCUT2D eigenvalue weighted by atomic mass is 9.96. The van der Waals surface area contributed by atoms with E-state index in [2.05, 4.69) is 22.8 Å². The largest absolute Gasteiger partial charge is 0.493 e. The lowest BCUT2D eigenvalue weighted by molar-refractivity contribution is 0.286. The van der Waals surface area contributed by atoms with Gasteiger partial charge in [-0.1, -0.05) is 39.0 Å². The van der Waals surface area contributed by atoms with Gasteiger partial charge >= 0.3 is 0 Å². The van der Waals surface area contributed by atoms with Gasteiger partial charge in [-0.15, -0.1) is 0 Å². The molecule has 1 aliphatic carbocycles. The van der Waals surface area contributed by atoms with Crippen LogP contribution in [0.25, 0.3) is 0 Å². The predicted octanol–water partition coefficient (Wildman–Crippen LogP) is 4.39. The highest BCUT2D eigenvalue weighted by Crippen LogP contribution is 2.27. The van der Waals surface area contributed by atoms with E-state index in [9.17, 15) is 0 Å². The predicted molar refractivity (Wildman–Crippen MR) is 111 cm³/mol. The Labute approximate surface area is 162 Å². The van der Waals surface area contributed by atoms with E-state index >= 15 is 0 Å². The summed E-state index contributed by atoms with van der Waals surface area (Å²) in [7, 11) is 1.65. The average molecular weight is 378 g/mol. The quantitative estimate of drug-likeness (QED) is 0.289. The zero-order valence-corrected chi connectivity index (χ0v) is 16.7. The van der Waals surface area contributed by atoms with Crippen molar-refractivity contribution in [3.05, 3.63) is 23.8 Å². The van der Waals surface area contributed by atoms with Crippen LogP contribution in [0.5, 0.6) is 11.5 Å². The van der Waals surface area contributed by atoms with Crippen LogP contribution in [0.4, 0.5) is 0 Å². The molecule has 2 rings (SSSR count). The van der Waals surface area contributed by atoms with Crippen molar-refractivity contribution >= 4 is 23.5 Å². The number of benzene rings is 1. The van der Waals surface area contributed by atoms with E-state index in [1.54, 1.807) is 13.3 Å². The summed E-state index contributed by atoms with van der Waals surface area (Å²) in [5.41, 5.74) is 3.82. The Morgan fingerprint density at radius 3 is 2.77 bits per heavy atom. The number of rotatable bonds is 9. The van der Waals surface area contributed by atoms with Crippen LogP contribution in [0.2, 0.25) is 0 Å². The molecule has 2 N–H and O–H groups in total. The summed E-state index contributed by atoms with van der Waals surface area (Å²) in [5.74, 6) is 1.48. The van der Waals surface area contributed by atoms with Gasteiger partial charge in [-0.05, 0) is 55.2 Å². The van der Waals surface area contributed by atoms with E-state index in [4.69, 9.17) is 21.7 Å². The topological polar surface area (TPSA) is 54.9 Å². The van der Waals surface area contributed by atoms with Crippen molar-refractivity contribution < 1.29 is 9.47 Å². The normalized spacial score (nSPS) is 15.0. The van der Waals surface area contributed by atoms with E-state index in [1.807, 2.05) is 18.2 Å². The second-order valence-electron chi connectivity index (χ2n) is 6.64. The molecule has 1 saturated carbocycles. The Hall–Kier alpha value is -1.82. The van der Waals surface area contributed by atoms with Crippen LogP contribution in [-0.4, -0.2) is 31.1 Å². The molecule has 0 aliphatic heterocycles. The zero-order chi connectivity index (χ0) is 18.6. The van der Waals surface area contributed by atoms with E-state index in [0.29, 0.717) is 23.5 Å². The molecular formula is C20H31N3O2S. The summed E-state index contributed by atoms with van der Waals surface area (Å²) in [5, 5.41) is 8.14. The fraction of sp³-hybridized carbons (Fsp3) is 0.600. The lowest BCUT2D eigenvalue weighted by Crippen LogP contribution is -2.40. The lowest BCUT2D eigenvalue weighted by Gasteiger charge is -2.23. The van der Waals surface area contributed by atoms with Gasteiger partial charge in [0.2, 0.25) is 0 Å². The van der Waals surface area contributed by atoms with Gasteiger partial charge in [0.15, 0.2) is 16.6 Å². The Bertz CT molecular complexity index is 586. The van der Waals surface area contributed by atoms with Crippen molar-refractivity contribution in [3.63, 3.8) is 0 Å². The Morgan fingerprint density at radius 2 is 2.04 bits per heavy atom. The standard InChI is InChI=1S/C20H31N3O2S/c1-3-4-8-13-25-18-12-11-16(14-19(18)24-2)15-21-23-20(26)22-17-9-6-5-7-10-17/h11-12,14-15,17H,3-10,13H2,1-2H3,(H2,22,23,26). The summed E-state index contributed by atoms with van der Waals surface area (Å²) < 4.78 is 11.2. The van der Waals surface area contributed by atoms with Crippen LogP contribution < -0.4 is 20.2 Å². The molecule has 6 heteroatoms. The first-order valence-corrected chi connectivity index (χ1v) is 10.0. The molecule has 0 heterocycles. The van der Waals surface area contributed by atoms with Gasteiger partial charge < -0.3 is 14.8 Å². The van der Waals surface area contributed by atoms with Crippen molar-refractivity contribution in [2.75, 3.05) is 13.7 Å². The first kappa shape index (κ1) is 20.5. The molecule has 0 bridgehead atoms. The summed E-state index contributed by atoms with van der Waals surface area (Å²) in [4.78, 5) is 0. The molecule has 0 aromatic heterocycles. The average Bonchev–Trinajstić information content (AvgIpc) is 2.66. The number of thiocarbonyl (C=S) groups is 1. The molecule has 1 fully saturated rings. The van der Waals surface area contributed by atoms with Crippen LogP contribution in [0.15, 0.2) is 23.3 Å². The molecule has 5 nitrogen and oxygen atoms in total. The monoisotopic (exact) mass is 377 g/mol. The molecule has 1 aromatic carbocycles. The molecule has 1 aliphatic rings. The molecule has 26 heavy (non-hydrogen) atoms. The second-order valence-corrected chi connectivity index (χ2v) is 7.05. The first-order valence-electron chi connectivity index (χ1n) is 9.63. The molecule has 1 aromatic rings. The van der Waals surface area contributed by atoms with Crippen LogP contribution in [0.3, 0.4) is 0 Å². The Morgan fingerprint density at radius 1 is 1.23 bits per heavy atom. The number of hydrogen-bond donors (Lipinski definition) is 2. The minimum absolute atomic E-state index is 0.475. The second kappa shape index (κ2) is 11.7. The van der Waals surface area contributed by atoms with Crippen molar-refractivity contribution in [2.45, 2.75) is 64.3 Å². The Balaban J connectivity index is 1.81. The van der Waals surface area contributed by atoms with E-state index < -0.39 is 0 Å². The van der Waals surface area contributed by atoms with Gasteiger partial charge in [-0.25, -0.2) is 0 Å². The molecule has 0 saturated heterocycles. The number of nitrogens with one attached hydrogen (secondary N) is 2. The molecule has 0 atom stereocenters. The molecule has 0 spiro atoms. The summed E-state index contributed by atoms with van der Waals surface area (Å²) in [6, 6.07) is 6.27. The number of nitrogens with zero attached hydrogens (tertiary/aromatic N) is 1. The van der Waals surface area contributed by atoms with Gasteiger partial charge in [0.25, 0.3) is 0 Å². The summed E-state index contributed by atoms with van der Waals surface area (Å²) in [6.07, 6.45) is 11.4. The smallest absolute Gasteiger partial charge is 0.187 e. The van der Waals surface area contributed by atoms with Crippen molar-refractivity contribution in [1.29, 1.82) is 0 Å². The van der Waals surface area contributed by atoms with Gasteiger partial charge in [0.1, 0.15) is 0 Å². The van der Waals surface area contributed by atoms with E-state index in [1.165, 1.54) is 44.9 Å². The third kappa shape index (κ3) is 7.20. The maximum absolute atomic E-state index is 5.80. The maximum Gasteiger partial charge on any atom is 0.187 e. The Kier molecular flexibility index (Phi) is 9.24. The molecule has 144 valence electrons. The minimum Gasteiger partial charge on any atom is -0.493 e. The highest BCUT2D eigenvalue weighted by Gasteiger charge is 2.13. The van der Waals surface area contributed by atoms with Crippen LogP contribution in [0.1, 0.15) is 63.9 Å². The van der Waals surface area contributed by atoms with E-state index in [-0.39, 0.29) is 0 Å². The summed E-state index contributed by atoms with van der Waals surface area (Å²) >= 11 is 5.31. The number of methoxy groups -OCH3 is 1. The number of unbranched alkanes of at least 4 members (excludes halogenated alkanes) is 2. The van der Waals surface area contributed by atoms with Crippen molar-refractivity contribution in [1.82, 2.24) is 10.7 Å². The fourth-order valence-corrected chi connectivity index (χ4v) is 3.27. The molecule has 0 radical (unpaired) electrons. The summed E-state index contributed by atoms with van der Waals surface area (Å²) in [6.45, 7) is 2.89. The van der Waals surface area contributed by atoms with Gasteiger partial charge in [-0.2, -0.15) is 5.10 Å². The third-order valence-electron chi connectivity index (χ3n) is 4.51. The van der Waals surface area contributed by atoms with Gasteiger partial charge in [0, 0.05) is 6.04 Å². The van der Waals surface area contributed by atoms with Crippen molar-refractivity contribution in [3.8, 4) is 11.5 Å². The number of ether oxygens (including phenoxy) is 2. The van der Waals surface area contributed by atoms with E-state index in [0.717, 1.165) is 17.7 Å². The molecule has 0 amide bonds. The number of hydrazone groups is 1.